The molecule has 1 aromatic heterocycles. The first-order chi connectivity index (χ1) is 21.3. The predicted molar refractivity (Wildman–Crippen MR) is 183 cm³/mol. The molecule has 0 bridgehead atoms. The molecular weight excluding hydrogens is 520 g/mol. The molecule has 1 heteroatoms. The first-order valence-corrected chi connectivity index (χ1v) is 14.8. The molecule has 0 saturated heterocycles. The van der Waals surface area contributed by atoms with Crippen molar-refractivity contribution in [1.29, 1.82) is 0 Å². The fourth-order valence-corrected chi connectivity index (χ4v) is 6.92. The third-order valence-corrected chi connectivity index (χ3v) is 8.84. The summed E-state index contributed by atoms with van der Waals surface area (Å²) in [5.74, 6) is 0. The van der Waals surface area contributed by atoms with E-state index in [1.165, 1.54) is 65.7 Å². The van der Waals surface area contributed by atoms with E-state index in [9.17, 15) is 0 Å². The van der Waals surface area contributed by atoms with E-state index in [2.05, 4.69) is 158 Å². The molecular formula is C42H26O. The van der Waals surface area contributed by atoms with Gasteiger partial charge in [-0.3, -0.25) is 0 Å². The quantitative estimate of drug-likeness (QED) is 0.201. The van der Waals surface area contributed by atoms with Gasteiger partial charge in [-0.15, -0.1) is 0 Å². The average Bonchev–Trinajstić information content (AvgIpc) is 3.46. The Kier molecular flexibility index (Phi) is 5.27. The Morgan fingerprint density at radius 3 is 1.67 bits per heavy atom. The molecule has 9 aromatic rings. The lowest BCUT2D eigenvalue weighted by Gasteiger charge is -2.18. The molecule has 0 amide bonds. The SMILES string of the molecule is c1ccc(-c2c3ccccc3c(-c3cccc4oc5ccc(-c6ccc7ccccc7c6)cc5c34)c3ccccc23)cc1. The van der Waals surface area contributed by atoms with Crippen LogP contribution in [0, 0.1) is 0 Å². The molecule has 43 heavy (non-hydrogen) atoms. The molecule has 0 unspecified atom stereocenters. The summed E-state index contributed by atoms with van der Waals surface area (Å²) in [6.07, 6.45) is 0. The van der Waals surface area contributed by atoms with Gasteiger partial charge < -0.3 is 4.42 Å². The molecule has 0 saturated carbocycles. The maximum Gasteiger partial charge on any atom is 0.136 e. The van der Waals surface area contributed by atoms with Gasteiger partial charge in [0.25, 0.3) is 0 Å². The number of fused-ring (bicyclic) bond motifs is 6. The van der Waals surface area contributed by atoms with Crippen LogP contribution in [0.3, 0.4) is 0 Å². The van der Waals surface area contributed by atoms with E-state index >= 15 is 0 Å². The summed E-state index contributed by atoms with van der Waals surface area (Å²) in [5, 5.41) is 9.78. The van der Waals surface area contributed by atoms with Crippen LogP contribution in [0.4, 0.5) is 0 Å². The smallest absolute Gasteiger partial charge is 0.136 e. The Labute approximate surface area is 249 Å². The van der Waals surface area contributed by atoms with Gasteiger partial charge in [0.05, 0.1) is 0 Å². The lowest BCUT2D eigenvalue weighted by molar-refractivity contribution is 0.669. The summed E-state index contributed by atoms with van der Waals surface area (Å²) >= 11 is 0. The molecule has 0 N–H and O–H groups in total. The van der Waals surface area contributed by atoms with E-state index in [1.807, 2.05) is 0 Å². The van der Waals surface area contributed by atoms with Crippen LogP contribution >= 0.6 is 0 Å². The van der Waals surface area contributed by atoms with Gasteiger partial charge in [0, 0.05) is 10.8 Å². The van der Waals surface area contributed by atoms with Crippen LogP contribution < -0.4 is 0 Å². The molecule has 0 atom stereocenters. The second kappa shape index (κ2) is 9.44. The normalized spacial score (nSPS) is 11.7. The molecule has 0 fully saturated rings. The third-order valence-electron chi connectivity index (χ3n) is 8.84. The zero-order chi connectivity index (χ0) is 28.3. The molecule has 8 aromatic carbocycles. The number of hydrogen-bond acceptors (Lipinski definition) is 1. The van der Waals surface area contributed by atoms with Gasteiger partial charge >= 0.3 is 0 Å². The fourth-order valence-electron chi connectivity index (χ4n) is 6.92. The highest BCUT2D eigenvalue weighted by atomic mass is 16.3. The zero-order valence-corrected chi connectivity index (χ0v) is 23.4. The first kappa shape index (κ1) is 24.0. The minimum atomic E-state index is 0.904. The average molecular weight is 547 g/mol. The second-order valence-electron chi connectivity index (χ2n) is 11.3. The van der Waals surface area contributed by atoms with Gasteiger partial charge in [0.15, 0.2) is 0 Å². The van der Waals surface area contributed by atoms with Crippen LogP contribution in [0.5, 0.6) is 0 Å². The van der Waals surface area contributed by atoms with Gasteiger partial charge in [0.2, 0.25) is 0 Å². The molecule has 0 aliphatic heterocycles. The number of benzene rings is 8. The van der Waals surface area contributed by atoms with Crippen molar-refractivity contribution >= 4 is 54.3 Å². The highest BCUT2D eigenvalue weighted by Crippen LogP contribution is 2.47. The van der Waals surface area contributed by atoms with Crippen molar-refractivity contribution in [3.05, 3.63) is 158 Å². The maximum absolute atomic E-state index is 6.49. The van der Waals surface area contributed by atoms with Gasteiger partial charge in [-0.05, 0) is 90.0 Å². The summed E-state index contributed by atoms with van der Waals surface area (Å²) in [4.78, 5) is 0. The topological polar surface area (TPSA) is 13.1 Å². The van der Waals surface area contributed by atoms with Crippen LogP contribution in [0.1, 0.15) is 0 Å². The predicted octanol–water partition coefficient (Wildman–Crippen LogP) is 12.0. The highest BCUT2D eigenvalue weighted by Gasteiger charge is 2.20. The van der Waals surface area contributed by atoms with Gasteiger partial charge in [0.1, 0.15) is 11.2 Å². The van der Waals surface area contributed by atoms with Crippen molar-refractivity contribution in [3.8, 4) is 33.4 Å². The van der Waals surface area contributed by atoms with Crippen molar-refractivity contribution in [3.63, 3.8) is 0 Å². The molecule has 0 aliphatic carbocycles. The van der Waals surface area contributed by atoms with Gasteiger partial charge in [-0.25, -0.2) is 0 Å². The molecule has 1 heterocycles. The van der Waals surface area contributed by atoms with E-state index in [1.54, 1.807) is 0 Å². The molecule has 9 rings (SSSR count). The standard InChI is InChI=1S/C42H26O/c1-2-12-28(13-3-1)40-32-15-6-8-17-34(32)41(35-18-9-7-16-33(35)40)36-19-10-20-39-42(36)37-26-31(23-24-38(37)43-39)30-22-21-27-11-4-5-14-29(27)25-30/h1-26H. The Bertz CT molecular complexity index is 2440. The molecule has 0 aliphatic rings. The lowest BCUT2D eigenvalue weighted by atomic mass is 9.85. The Balaban J connectivity index is 1.36. The summed E-state index contributed by atoms with van der Waals surface area (Å²) in [6, 6.07) is 56.7. The van der Waals surface area contributed by atoms with Crippen LogP contribution in [0.15, 0.2) is 162 Å². The minimum Gasteiger partial charge on any atom is -0.456 e. The fraction of sp³-hybridized carbons (Fsp3) is 0. The minimum absolute atomic E-state index is 0.904. The largest absolute Gasteiger partial charge is 0.456 e. The first-order valence-electron chi connectivity index (χ1n) is 14.8. The van der Waals surface area contributed by atoms with Gasteiger partial charge in [-0.2, -0.15) is 0 Å². The highest BCUT2D eigenvalue weighted by molar-refractivity contribution is 6.25. The van der Waals surface area contributed by atoms with Crippen molar-refractivity contribution in [2.75, 3.05) is 0 Å². The zero-order valence-electron chi connectivity index (χ0n) is 23.4. The summed E-state index contributed by atoms with van der Waals surface area (Å²) in [6.45, 7) is 0. The number of furan rings is 1. The van der Waals surface area contributed by atoms with Crippen molar-refractivity contribution in [2.45, 2.75) is 0 Å². The second-order valence-corrected chi connectivity index (χ2v) is 11.3. The number of rotatable bonds is 3. The van der Waals surface area contributed by atoms with Gasteiger partial charge in [-0.1, -0.05) is 133 Å². The van der Waals surface area contributed by atoms with E-state index in [-0.39, 0.29) is 0 Å². The molecule has 200 valence electrons. The van der Waals surface area contributed by atoms with Crippen molar-refractivity contribution in [1.82, 2.24) is 0 Å². The lowest BCUT2D eigenvalue weighted by Crippen LogP contribution is -1.91. The summed E-state index contributed by atoms with van der Waals surface area (Å²) < 4.78 is 6.49. The van der Waals surface area contributed by atoms with Crippen molar-refractivity contribution < 1.29 is 4.42 Å². The Hall–Kier alpha value is -5.66. The third kappa shape index (κ3) is 3.72. The van der Waals surface area contributed by atoms with Crippen LogP contribution in [0.2, 0.25) is 0 Å². The van der Waals surface area contributed by atoms with Crippen LogP contribution in [-0.2, 0) is 0 Å². The molecule has 0 radical (unpaired) electrons. The summed E-state index contributed by atoms with van der Waals surface area (Å²) in [5.41, 5.74) is 9.14. The van der Waals surface area contributed by atoms with Crippen LogP contribution in [-0.4, -0.2) is 0 Å². The monoisotopic (exact) mass is 546 g/mol. The number of hydrogen-bond donors (Lipinski definition) is 0. The maximum atomic E-state index is 6.49. The summed E-state index contributed by atoms with van der Waals surface area (Å²) in [7, 11) is 0. The Morgan fingerprint density at radius 1 is 0.326 bits per heavy atom. The van der Waals surface area contributed by atoms with E-state index in [0.29, 0.717) is 0 Å². The van der Waals surface area contributed by atoms with Crippen molar-refractivity contribution in [2.24, 2.45) is 0 Å². The molecule has 1 nitrogen and oxygen atoms in total. The van der Waals surface area contributed by atoms with E-state index in [4.69, 9.17) is 4.42 Å². The molecule has 0 spiro atoms. The Morgan fingerprint density at radius 2 is 0.930 bits per heavy atom. The van der Waals surface area contributed by atoms with Crippen LogP contribution in [0.25, 0.3) is 87.6 Å². The van der Waals surface area contributed by atoms with E-state index in [0.717, 1.165) is 21.9 Å². The van der Waals surface area contributed by atoms with E-state index < -0.39 is 0 Å².